The van der Waals surface area contributed by atoms with Gasteiger partial charge in [0.15, 0.2) is 5.52 Å². The summed E-state index contributed by atoms with van der Waals surface area (Å²) in [5, 5.41) is 0.987. The molecule has 0 radical (unpaired) electrons. The zero-order chi connectivity index (χ0) is 19.3. The summed E-state index contributed by atoms with van der Waals surface area (Å²) >= 11 is 12.1. The highest BCUT2D eigenvalue weighted by molar-refractivity contribution is 6.31. The van der Waals surface area contributed by atoms with Gasteiger partial charge < -0.3 is 4.57 Å². The summed E-state index contributed by atoms with van der Waals surface area (Å²) in [7, 11) is 0. The normalized spacial score (nSPS) is 13.8. The van der Waals surface area contributed by atoms with Gasteiger partial charge in [0.25, 0.3) is 5.56 Å². The number of halogens is 2. The van der Waals surface area contributed by atoms with Crippen LogP contribution in [0.15, 0.2) is 53.3 Å². The summed E-state index contributed by atoms with van der Waals surface area (Å²) in [4.78, 5) is 17.5. The number of aromatic nitrogens is 3. The number of rotatable bonds is 2. The quantitative estimate of drug-likeness (QED) is 0.500. The first kappa shape index (κ1) is 12.1. The van der Waals surface area contributed by atoms with E-state index in [0.29, 0.717) is 21.6 Å². The second-order valence-corrected chi connectivity index (χ2v) is 6.04. The van der Waals surface area contributed by atoms with E-state index in [1.54, 1.807) is 30.3 Å². The van der Waals surface area contributed by atoms with Gasteiger partial charge in [0.1, 0.15) is 5.82 Å². The molecule has 2 heterocycles. The third-order valence-electron chi connectivity index (χ3n) is 3.94. The number of aryl methyl sites for hydroxylation is 1. The lowest BCUT2D eigenvalue weighted by atomic mass is 10.1. The van der Waals surface area contributed by atoms with E-state index in [2.05, 4.69) is 4.98 Å². The summed E-state index contributed by atoms with van der Waals surface area (Å²) in [5.41, 5.74) is 0.987. The molecule has 0 amide bonds. The monoisotopic (exact) mass is 360 g/mol. The van der Waals surface area contributed by atoms with Gasteiger partial charge in [-0.2, -0.15) is 0 Å². The minimum atomic E-state index is -2.53. The lowest BCUT2D eigenvalue weighted by molar-refractivity contribution is 0.876. The van der Waals surface area contributed by atoms with Gasteiger partial charge in [0.2, 0.25) is 0 Å². The molecule has 2 aromatic heterocycles. The van der Waals surface area contributed by atoms with E-state index in [9.17, 15) is 4.79 Å². The lowest BCUT2D eigenvalue weighted by Crippen LogP contribution is -2.19. The highest BCUT2D eigenvalue weighted by atomic mass is 35.5. The fourth-order valence-corrected chi connectivity index (χ4v) is 3.24. The van der Waals surface area contributed by atoms with Crippen LogP contribution in [0.1, 0.15) is 9.94 Å². The van der Waals surface area contributed by atoms with Crippen LogP contribution in [0.2, 0.25) is 5.02 Å². The first-order valence-corrected chi connectivity index (χ1v) is 8.11. The Morgan fingerprint density at radius 2 is 2.00 bits per heavy atom. The van der Waals surface area contributed by atoms with E-state index in [1.165, 1.54) is 4.57 Å². The molecular formula is C18H13Cl2N3O. The van der Waals surface area contributed by atoms with Crippen molar-refractivity contribution in [2.24, 2.45) is 6.98 Å². The van der Waals surface area contributed by atoms with Crippen molar-refractivity contribution in [2.45, 2.75) is 5.88 Å². The van der Waals surface area contributed by atoms with Crippen LogP contribution in [0.25, 0.3) is 27.6 Å². The molecule has 0 atom stereocenters. The second kappa shape index (κ2) is 5.65. The Morgan fingerprint density at radius 3 is 2.71 bits per heavy atom. The lowest BCUT2D eigenvalue weighted by Gasteiger charge is -2.12. The maximum atomic E-state index is 13.3. The van der Waals surface area contributed by atoms with Gasteiger partial charge in [-0.15, -0.1) is 11.6 Å². The summed E-state index contributed by atoms with van der Waals surface area (Å²) in [5.74, 6) is -0.0155. The molecule has 4 nitrogen and oxygen atoms in total. The minimum absolute atomic E-state index is 0.0560. The van der Waals surface area contributed by atoms with Crippen molar-refractivity contribution in [1.82, 2.24) is 14.1 Å². The Labute approximate surface area is 152 Å². The van der Waals surface area contributed by atoms with Gasteiger partial charge in [-0.05, 0) is 30.3 Å². The molecule has 4 aromatic rings. The van der Waals surface area contributed by atoms with Gasteiger partial charge in [-0.1, -0.05) is 29.8 Å². The molecule has 6 heteroatoms. The average molecular weight is 361 g/mol. The number of para-hydroxylation sites is 1. The zero-order valence-electron chi connectivity index (χ0n) is 15.3. The maximum Gasteiger partial charge on any atom is 0.283 e. The smallest absolute Gasteiger partial charge is 0.283 e. The molecule has 0 spiro atoms. The molecule has 0 saturated heterocycles. The van der Waals surface area contributed by atoms with Crippen LogP contribution in [-0.4, -0.2) is 14.1 Å². The van der Waals surface area contributed by atoms with Crippen LogP contribution in [0.3, 0.4) is 0 Å². The van der Waals surface area contributed by atoms with E-state index in [4.69, 9.17) is 27.3 Å². The molecule has 0 aliphatic heterocycles. The summed E-state index contributed by atoms with van der Waals surface area (Å²) < 4.78 is 26.2. The van der Waals surface area contributed by atoms with Crippen LogP contribution in [-0.2, 0) is 12.9 Å². The molecule has 0 aliphatic rings. The molecule has 0 saturated carbocycles. The summed E-state index contributed by atoms with van der Waals surface area (Å²) in [6.45, 7) is -2.53. The van der Waals surface area contributed by atoms with Crippen molar-refractivity contribution in [2.75, 3.05) is 0 Å². The van der Waals surface area contributed by atoms with Crippen LogP contribution in [0.4, 0.5) is 0 Å². The van der Waals surface area contributed by atoms with Crippen LogP contribution in [0, 0.1) is 0 Å². The van der Waals surface area contributed by atoms with Crippen LogP contribution < -0.4 is 5.56 Å². The second-order valence-electron chi connectivity index (χ2n) is 5.33. The number of imidazole rings is 1. The van der Waals surface area contributed by atoms with Crippen molar-refractivity contribution < 1.29 is 4.11 Å². The fraction of sp³-hybridized carbons (Fsp3) is 0.111. The number of hydrogen-bond donors (Lipinski definition) is 0. The molecule has 0 aliphatic carbocycles. The zero-order valence-corrected chi connectivity index (χ0v) is 13.8. The number of pyridine rings is 1. The van der Waals surface area contributed by atoms with E-state index >= 15 is 0 Å². The van der Waals surface area contributed by atoms with Gasteiger partial charge in [0.05, 0.1) is 16.9 Å². The predicted molar refractivity (Wildman–Crippen MR) is 98.4 cm³/mol. The molecule has 0 unspecified atom stereocenters. The third-order valence-corrected chi connectivity index (χ3v) is 4.42. The highest BCUT2D eigenvalue weighted by Crippen LogP contribution is 2.28. The molecule has 4 rings (SSSR count). The third kappa shape index (κ3) is 2.14. The standard InChI is InChI=1S/C18H13Cl2N3O/c1-22-15(10-19)21-16-17(22)13-8-7-11(20)9-14(13)23(18(16)24)12-5-3-2-4-6-12/h2-9H,10H2,1H3/i1D3. The first-order valence-electron chi connectivity index (χ1n) is 8.70. The molecule has 0 fully saturated rings. The van der Waals surface area contributed by atoms with Crippen molar-refractivity contribution in [1.29, 1.82) is 0 Å². The number of hydrogen-bond acceptors (Lipinski definition) is 2. The minimum Gasteiger partial charge on any atom is -0.329 e. The van der Waals surface area contributed by atoms with Gasteiger partial charge in [0, 0.05) is 27.2 Å². The topological polar surface area (TPSA) is 39.8 Å². The molecule has 2 aromatic carbocycles. The van der Waals surface area contributed by atoms with Crippen LogP contribution in [0.5, 0.6) is 0 Å². The molecule has 24 heavy (non-hydrogen) atoms. The SMILES string of the molecule is [2H]C([2H])([2H])n1c(CCl)nc2c(=O)n(-c3ccccc3)c3cc(Cl)ccc3c21. The average Bonchev–Trinajstić information content (AvgIpc) is 3.03. The van der Waals surface area contributed by atoms with Crippen molar-refractivity contribution in [3.8, 4) is 5.69 Å². The largest absolute Gasteiger partial charge is 0.329 e. The molecule has 0 bridgehead atoms. The molecular weight excluding hydrogens is 345 g/mol. The number of benzene rings is 2. The number of alkyl halides is 1. The van der Waals surface area contributed by atoms with Gasteiger partial charge in [-0.3, -0.25) is 9.36 Å². The van der Waals surface area contributed by atoms with E-state index in [-0.39, 0.29) is 22.7 Å². The number of nitrogens with zero attached hydrogens (tertiary/aromatic N) is 3. The first-order chi connectivity index (χ1) is 12.8. The van der Waals surface area contributed by atoms with E-state index in [1.807, 2.05) is 18.2 Å². The van der Waals surface area contributed by atoms with E-state index < -0.39 is 12.5 Å². The highest BCUT2D eigenvalue weighted by Gasteiger charge is 2.18. The van der Waals surface area contributed by atoms with Gasteiger partial charge in [-0.25, -0.2) is 4.98 Å². The van der Waals surface area contributed by atoms with Crippen LogP contribution >= 0.6 is 23.2 Å². The maximum absolute atomic E-state index is 13.3. The van der Waals surface area contributed by atoms with Crippen molar-refractivity contribution in [3.05, 3.63) is 69.7 Å². The Kier molecular flexibility index (Phi) is 2.85. The Hall–Kier alpha value is -2.30. The Balaban J connectivity index is 2.29. The predicted octanol–water partition coefficient (Wildman–Crippen LogP) is 4.27. The van der Waals surface area contributed by atoms with Crippen molar-refractivity contribution >= 4 is 45.1 Å². The molecule has 0 N–H and O–H groups in total. The summed E-state index contributed by atoms with van der Waals surface area (Å²) in [6.07, 6.45) is 0. The van der Waals surface area contributed by atoms with Gasteiger partial charge >= 0.3 is 0 Å². The fourth-order valence-electron chi connectivity index (χ4n) is 2.89. The Bertz CT molecular complexity index is 1230. The molecule has 120 valence electrons. The number of fused-ring (bicyclic) bond motifs is 3. The summed E-state index contributed by atoms with van der Waals surface area (Å²) in [6, 6.07) is 14.0. The van der Waals surface area contributed by atoms with E-state index in [0.717, 1.165) is 4.57 Å². The Morgan fingerprint density at radius 1 is 1.21 bits per heavy atom. The van der Waals surface area contributed by atoms with Crippen molar-refractivity contribution in [3.63, 3.8) is 0 Å².